The Hall–Kier alpha value is -4.28. The van der Waals surface area contributed by atoms with E-state index >= 15 is 0 Å². The van der Waals surface area contributed by atoms with Gasteiger partial charge >= 0.3 is 0 Å². The molecule has 2 amide bonds. The number of amides is 2. The van der Waals surface area contributed by atoms with Crippen LogP contribution in [-0.2, 0) is 24.7 Å². The largest absolute Gasteiger partial charge is 0.340 e. The summed E-state index contributed by atoms with van der Waals surface area (Å²) in [4.78, 5) is 50.2. The van der Waals surface area contributed by atoms with Crippen LogP contribution in [0.25, 0.3) is 11.3 Å². The first-order valence-corrected chi connectivity index (χ1v) is 16.5. The first kappa shape index (κ1) is 30.7. The number of carbonyl (C=O) groups excluding carboxylic acids is 2. The standard InChI is InChI=1S/C35H40N6O3S/c1-5-41-19-18-39(3)31(34(41)43)23-14-16-25(17-15-23)36-32-35(44)40(4)21-28(37-32)26-11-9-12-27(22(26)2)38-33(42)30-20-24-10-7-6-8-13-29(24)45-30/h9,11-12,14-17,20-21,31H,5-8,10,13,18-19H2,1-4H3,(H,36,37)(H,38,42). The van der Waals surface area contributed by atoms with E-state index in [1.54, 1.807) is 24.6 Å². The fraction of sp³-hybridized carbons (Fsp3) is 0.371. The first-order chi connectivity index (χ1) is 21.7. The van der Waals surface area contributed by atoms with Crippen LogP contribution in [0, 0.1) is 6.92 Å². The highest BCUT2D eigenvalue weighted by Crippen LogP contribution is 2.32. The second-order valence-electron chi connectivity index (χ2n) is 12.0. The minimum absolute atomic E-state index is 0.101. The number of nitrogens with zero attached hydrogens (tertiary/aromatic N) is 4. The van der Waals surface area contributed by atoms with Gasteiger partial charge in [-0.25, -0.2) is 4.98 Å². The van der Waals surface area contributed by atoms with Gasteiger partial charge in [0.1, 0.15) is 6.04 Å². The summed E-state index contributed by atoms with van der Waals surface area (Å²) in [5.41, 5.74) is 5.68. The van der Waals surface area contributed by atoms with Crippen LogP contribution in [0.15, 0.2) is 59.5 Å². The molecule has 4 aromatic rings. The SMILES string of the molecule is CCN1CCN(C)C(c2ccc(Nc3nc(-c4cccc(NC(=O)c5cc6c(s5)CCCCC6)c4C)cn(C)c3=O)cc2)C1=O. The number of aromatic nitrogens is 2. The molecule has 1 aliphatic heterocycles. The van der Waals surface area contributed by atoms with E-state index < -0.39 is 0 Å². The lowest BCUT2D eigenvalue weighted by Gasteiger charge is -2.38. The summed E-state index contributed by atoms with van der Waals surface area (Å²) in [6.07, 6.45) is 7.41. The summed E-state index contributed by atoms with van der Waals surface area (Å²) in [6, 6.07) is 15.1. The zero-order chi connectivity index (χ0) is 31.7. The summed E-state index contributed by atoms with van der Waals surface area (Å²) in [6.45, 7) is 6.20. The zero-order valence-corrected chi connectivity index (χ0v) is 27.2. The molecular weight excluding hydrogens is 584 g/mol. The van der Waals surface area contributed by atoms with Crippen LogP contribution < -0.4 is 16.2 Å². The average molecular weight is 625 g/mol. The Bertz CT molecular complexity index is 1770. The van der Waals surface area contributed by atoms with Gasteiger partial charge in [0.25, 0.3) is 11.5 Å². The van der Waals surface area contributed by atoms with E-state index in [0.717, 1.165) is 47.5 Å². The molecular formula is C35H40N6O3S. The number of fused-ring (bicyclic) bond motifs is 1. The molecule has 0 spiro atoms. The Kier molecular flexibility index (Phi) is 8.87. The number of nitrogens with one attached hydrogen (secondary N) is 2. The van der Waals surface area contributed by atoms with Crippen LogP contribution in [0.1, 0.15) is 63.5 Å². The van der Waals surface area contributed by atoms with E-state index in [0.29, 0.717) is 23.6 Å². The molecule has 1 unspecified atom stereocenters. The molecule has 1 aliphatic carbocycles. The zero-order valence-electron chi connectivity index (χ0n) is 26.4. The molecule has 0 radical (unpaired) electrons. The van der Waals surface area contributed by atoms with Crippen molar-refractivity contribution in [3.8, 4) is 11.3 Å². The maximum atomic E-state index is 13.3. The number of likely N-dealkylation sites (N-methyl/N-ethyl adjacent to an activating group) is 2. The molecule has 234 valence electrons. The maximum absolute atomic E-state index is 13.3. The van der Waals surface area contributed by atoms with Crippen LogP contribution >= 0.6 is 11.3 Å². The number of anilines is 3. The third-order valence-corrected chi connectivity index (χ3v) is 10.2. The van der Waals surface area contributed by atoms with E-state index in [4.69, 9.17) is 4.98 Å². The lowest BCUT2D eigenvalue weighted by Crippen LogP contribution is -2.50. The molecule has 6 rings (SSSR count). The molecule has 2 aromatic heterocycles. The number of hydrogen-bond acceptors (Lipinski definition) is 7. The number of carbonyl (C=O) groups is 2. The molecule has 9 nitrogen and oxygen atoms in total. The molecule has 1 fully saturated rings. The third-order valence-electron chi connectivity index (χ3n) is 8.98. The molecule has 0 saturated carbocycles. The highest BCUT2D eigenvalue weighted by molar-refractivity contribution is 7.14. The molecule has 1 atom stereocenters. The molecule has 2 aromatic carbocycles. The number of hydrogen-bond donors (Lipinski definition) is 2. The van der Waals surface area contributed by atoms with Crippen molar-refractivity contribution in [3.05, 3.63) is 91.5 Å². The van der Waals surface area contributed by atoms with Gasteiger partial charge in [0, 0.05) is 54.7 Å². The van der Waals surface area contributed by atoms with Crippen molar-refractivity contribution in [1.29, 1.82) is 0 Å². The Balaban J connectivity index is 1.22. The van der Waals surface area contributed by atoms with Gasteiger partial charge in [-0.05, 0) is 87.5 Å². The van der Waals surface area contributed by atoms with Gasteiger partial charge in [0.2, 0.25) is 5.91 Å². The Labute approximate surface area is 267 Å². The Morgan fingerprint density at radius 1 is 1.02 bits per heavy atom. The number of piperazine rings is 1. The van der Waals surface area contributed by atoms with E-state index in [1.807, 2.05) is 68.3 Å². The lowest BCUT2D eigenvalue weighted by molar-refractivity contribution is -0.140. The molecule has 2 N–H and O–H groups in total. The van der Waals surface area contributed by atoms with Crippen LogP contribution in [0.2, 0.25) is 0 Å². The van der Waals surface area contributed by atoms with Crippen molar-refractivity contribution in [1.82, 2.24) is 19.4 Å². The first-order valence-electron chi connectivity index (χ1n) is 15.7. The topological polar surface area (TPSA) is 99.6 Å². The van der Waals surface area contributed by atoms with Crippen LogP contribution in [-0.4, -0.2) is 57.8 Å². The van der Waals surface area contributed by atoms with Crippen molar-refractivity contribution in [2.45, 2.75) is 52.0 Å². The van der Waals surface area contributed by atoms with Crippen molar-refractivity contribution in [3.63, 3.8) is 0 Å². The molecule has 10 heteroatoms. The second kappa shape index (κ2) is 13.0. The maximum Gasteiger partial charge on any atom is 0.293 e. The Morgan fingerprint density at radius 3 is 2.58 bits per heavy atom. The van der Waals surface area contributed by atoms with E-state index in [-0.39, 0.29) is 29.2 Å². The van der Waals surface area contributed by atoms with Crippen molar-refractivity contribution < 1.29 is 9.59 Å². The predicted molar refractivity (Wildman–Crippen MR) is 181 cm³/mol. The van der Waals surface area contributed by atoms with Crippen molar-refractivity contribution >= 4 is 40.3 Å². The van der Waals surface area contributed by atoms with Crippen molar-refractivity contribution in [2.75, 3.05) is 37.3 Å². The number of rotatable bonds is 7. The number of aryl methyl sites for hydroxylation is 3. The molecule has 2 aliphatic rings. The minimum atomic E-state index is -0.326. The lowest BCUT2D eigenvalue weighted by atomic mass is 10.0. The third kappa shape index (κ3) is 6.30. The summed E-state index contributed by atoms with van der Waals surface area (Å²) in [5, 5.41) is 6.31. The summed E-state index contributed by atoms with van der Waals surface area (Å²) >= 11 is 1.61. The van der Waals surface area contributed by atoms with E-state index in [9.17, 15) is 14.4 Å². The quantitative estimate of drug-likeness (QED) is 0.248. The van der Waals surface area contributed by atoms with Crippen LogP contribution in [0.5, 0.6) is 0 Å². The van der Waals surface area contributed by atoms with Gasteiger partial charge in [-0.2, -0.15) is 0 Å². The predicted octanol–water partition coefficient (Wildman–Crippen LogP) is 5.92. The van der Waals surface area contributed by atoms with Gasteiger partial charge in [0.05, 0.1) is 10.6 Å². The molecule has 45 heavy (non-hydrogen) atoms. The minimum Gasteiger partial charge on any atom is -0.340 e. The van der Waals surface area contributed by atoms with Gasteiger partial charge in [0.15, 0.2) is 5.82 Å². The monoisotopic (exact) mass is 624 g/mol. The van der Waals surface area contributed by atoms with Gasteiger partial charge in [-0.15, -0.1) is 11.3 Å². The molecule has 0 bridgehead atoms. The summed E-state index contributed by atoms with van der Waals surface area (Å²) in [7, 11) is 3.67. The fourth-order valence-corrected chi connectivity index (χ4v) is 7.45. The number of thiophene rings is 1. The van der Waals surface area contributed by atoms with Crippen molar-refractivity contribution in [2.24, 2.45) is 7.05 Å². The number of benzene rings is 2. The molecule has 1 saturated heterocycles. The smallest absolute Gasteiger partial charge is 0.293 e. The van der Waals surface area contributed by atoms with Gasteiger partial charge in [-0.3, -0.25) is 19.3 Å². The van der Waals surface area contributed by atoms with E-state index in [1.165, 1.54) is 34.3 Å². The highest BCUT2D eigenvalue weighted by Gasteiger charge is 2.33. The Morgan fingerprint density at radius 2 is 1.80 bits per heavy atom. The van der Waals surface area contributed by atoms with Gasteiger partial charge in [-0.1, -0.05) is 30.7 Å². The van der Waals surface area contributed by atoms with Gasteiger partial charge < -0.3 is 20.1 Å². The summed E-state index contributed by atoms with van der Waals surface area (Å²) in [5.74, 6) is 0.199. The van der Waals surface area contributed by atoms with Crippen LogP contribution in [0.4, 0.5) is 17.2 Å². The van der Waals surface area contributed by atoms with Crippen LogP contribution in [0.3, 0.4) is 0 Å². The average Bonchev–Trinajstić information content (AvgIpc) is 3.31. The van der Waals surface area contributed by atoms with E-state index in [2.05, 4.69) is 21.6 Å². The second-order valence-corrected chi connectivity index (χ2v) is 13.1. The fourth-order valence-electron chi connectivity index (χ4n) is 6.30. The molecule has 3 heterocycles. The highest BCUT2D eigenvalue weighted by atomic mass is 32.1. The normalized spacial score (nSPS) is 17.1. The summed E-state index contributed by atoms with van der Waals surface area (Å²) < 4.78 is 1.51.